The molecule has 0 N–H and O–H groups in total. The quantitative estimate of drug-likeness (QED) is 0.611. The third-order valence-corrected chi connectivity index (χ3v) is 3.22. The fraction of sp³-hybridized carbons (Fsp3) is 0.308. The monoisotopic (exact) mass is 264 g/mol. The average molecular weight is 264 g/mol. The van der Waals surface area contributed by atoms with Crippen molar-refractivity contribution in [3.63, 3.8) is 0 Å². The Labute approximate surface area is 107 Å². The fourth-order valence-corrected chi connectivity index (χ4v) is 2.51. The molecule has 0 aliphatic rings. The highest BCUT2D eigenvalue weighted by Gasteiger charge is 2.32. The largest absolute Gasteiger partial charge is 0.466 e. The zero-order valence-electron chi connectivity index (χ0n) is 10.7. The van der Waals surface area contributed by atoms with E-state index in [9.17, 15) is 4.79 Å². The van der Waals surface area contributed by atoms with Crippen LogP contribution >= 0.6 is 0 Å². The molecule has 0 saturated heterocycles. The molecule has 2 heterocycles. The molecule has 1 unspecified atom stereocenters. The lowest BCUT2D eigenvalue weighted by atomic mass is 10.1. The van der Waals surface area contributed by atoms with Crippen LogP contribution in [0.3, 0.4) is 0 Å². The molecule has 0 aromatic carbocycles. The maximum atomic E-state index is 12.3. The van der Waals surface area contributed by atoms with Gasteiger partial charge in [-0.25, -0.2) is 0 Å². The van der Waals surface area contributed by atoms with Crippen molar-refractivity contribution in [1.29, 1.82) is 0 Å². The fourth-order valence-electron chi connectivity index (χ4n) is 1.58. The lowest BCUT2D eigenvalue weighted by Crippen LogP contribution is -2.31. The van der Waals surface area contributed by atoms with E-state index >= 15 is 0 Å². The number of carbonyl (C=O) groups excluding carboxylic acids is 1. The molecular weight excluding hydrogens is 248 g/mol. The second kappa shape index (κ2) is 4.95. The number of hydrogen-bond acceptors (Lipinski definition) is 4. The topological polar surface area (TPSA) is 52.6 Å². The number of rotatable bonds is 5. The highest BCUT2D eigenvalue weighted by molar-refractivity contribution is 6.69. The van der Waals surface area contributed by atoms with Crippen LogP contribution in [0.2, 0.25) is 19.6 Å². The van der Waals surface area contributed by atoms with Gasteiger partial charge in [0.1, 0.15) is 5.76 Å². The molecule has 0 radical (unpaired) electrons. The number of carbonyl (C=O) groups is 1. The Balaban J connectivity index is 2.28. The molecule has 0 fully saturated rings. The van der Waals surface area contributed by atoms with Crippen LogP contribution in [0, 0.1) is 0 Å². The van der Waals surface area contributed by atoms with Crippen molar-refractivity contribution in [3.05, 3.63) is 48.3 Å². The van der Waals surface area contributed by atoms with E-state index in [2.05, 4.69) is 0 Å². The smallest absolute Gasteiger partial charge is 0.233 e. The Morgan fingerprint density at radius 2 is 1.83 bits per heavy atom. The van der Waals surface area contributed by atoms with Gasteiger partial charge < -0.3 is 13.3 Å². The minimum absolute atomic E-state index is 0.211. The van der Waals surface area contributed by atoms with Gasteiger partial charge in [-0.15, -0.1) is 0 Å². The van der Waals surface area contributed by atoms with E-state index in [4.69, 9.17) is 13.3 Å². The van der Waals surface area contributed by atoms with Crippen LogP contribution in [0.15, 0.2) is 45.6 Å². The van der Waals surface area contributed by atoms with Gasteiger partial charge in [0, 0.05) is 0 Å². The average Bonchev–Trinajstić information content (AvgIpc) is 2.95. The predicted molar refractivity (Wildman–Crippen MR) is 68.9 cm³/mol. The molecule has 2 aromatic heterocycles. The van der Waals surface area contributed by atoms with Gasteiger partial charge in [0.25, 0.3) is 0 Å². The zero-order valence-corrected chi connectivity index (χ0v) is 11.7. The Hall–Kier alpha value is -1.59. The molecule has 2 aromatic rings. The molecule has 1 atom stereocenters. The Morgan fingerprint density at radius 3 is 2.33 bits per heavy atom. The van der Waals surface area contributed by atoms with Crippen molar-refractivity contribution in [1.82, 2.24) is 0 Å². The summed E-state index contributed by atoms with van der Waals surface area (Å²) in [6, 6.07) is 6.80. The second-order valence-electron chi connectivity index (χ2n) is 4.97. The molecule has 18 heavy (non-hydrogen) atoms. The number of furan rings is 2. The van der Waals surface area contributed by atoms with Gasteiger partial charge in [0.05, 0.1) is 12.5 Å². The predicted octanol–water partition coefficient (Wildman–Crippen LogP) is 3.65. The van der Waals surface area contributed by atoms with Crippen LogP contribution in [0.1, 0.15) is 22.4 Å². The van der Waals surface area contributed by atoms with Crippen molar-refractivity contribution in [2.24, 2.45) is 0 Å². The van der Waals surface area contributed by atoms with Crippen LogP contribution in [-0.2, 0) is 4.43 Å². The summed E-state index contributed by atoms with van der Waals surface area (Å²) in [7, 11) is -1.87. The lowest BCUT2D eigenvalue weighted by Gasteiger charge is -2.23. The number of ketones is 1. The van der Waals surface area contributed by atoms with E-state index in [0.29, 0.717) is 5.76 Å². The molecule has 0 aliphatic carbocycles. The van der Waals surface area contributed by atoms with E-state index in [-0.39, 0.29) is 11.5 Å². The van der Waals surface area contributed by atoms with E-state index < -0.39 is 14.4 Å². The molecule has 4 nitrogen and oxygen atoms in total. The van der Waals surface area contributed by atoms with Gasteiger partial charge in [0.15, 0.2) is 20.2 Å². The van der Waals surface area contributed by atoms with Crippen molar-refractivity contribution in [2.75, 3.05) is 0 Å². The van der Waals surface area contributed by atoms with Gasteiger partial charge in [-0.2, -0.15) is 0 Å². The van der Waals surface area contributed by atoms with Gasteiger partial charge in [0.2, 0.25) is 5.78 Å². The van der Waals surface area contributed by atoms with Crippen LogP contribution in [0.4, 0.5) is 0 Å². The van der Waals surface area contributed by atoms with E-state index in [1.807, 2.05) is 19.6 Å². The van der Waals surface area contributed by atoms with Gasteiger partial charge in [-0.1, -0.05) is 0 Å². The van der Waals surface area contributed by atoms with Crippen molar-refractivity contribution < 1.29 is 18.1 Å². The van der Waals surface area contributed by atoms with E-state index in [0.717, 1.165) is 0 Å². The summed E-state index contributed by atoms with van der Waals surface area (Å²) in [5.74, 6) is 0.589. The summed E-state index contributed by atoms with van der Waals surface area (Å²) >= 11 is 0. The minimum Gasteiger partial charge on any atom is -0.466 e. The highest BCUT2D eigenvalue weighted by atomic mass is 28.4. The molecule has 0 aliphatic heterocycles. The SMILES string of the molecule is C[Si](C)(C)OC(C(=O)c1ccco1)c1ccco1. The van der Waals surface area contributed by atoms with E-state index in [1.54, 1.807) is 24.3 Å². The van der Waals surface area contributed by atoms with Crippen molar-refractivity contribution in [3.8, 4) is 0 Å². The van der Waals surface area contributed by atoms with Gasteiger partial charge in [-0.3, -0.25) is 4.79 Å². The number of Topliss-reactive ketones (excluding diaryl/α,β-unsaturated/α-hetero) is 1. The Morgan fingerprint density at radius 1 is 1.17 bits per heavy atom. The third-order valence-electron chi connectivity index (χ3n) is 2.28. The van der Waals surface area contributed by atoms with Crippen molar-refractivity contribution in [2.45, 2.75) is 25.7 Å². The summed E-state index contributed by atoms with van der Waals surface area (Å²) < 4.78 is 16.3. The standard InChI is InChI=1S/C13H16O4Si/c1-18(2,3)17-13(11-7-5-9-16-11)12(14)10-6-4-8-15-10/h4-9,13H,1-3H3. The molecule has 0 amide bonds. The molecule has 5 heteroatoms. The highest BCUT2D eigenvalue weighted by Crippen LogP contribution is 2.26. The molecule has 2 rings (SSSR count). The maximum Gasteiger partial charge on any atom is 0.233 e. The van der Waals surface area contributed by atoms with Gasteiger partial charge >= 0.3 is 0 Å². The first-order valence-corrected chi connectivity index (χ1v) is 9.17. The second-order valence-corrected chi connectivity index (χ2v) is 9.43. The van der Waals surface area contributed by atoms with Gasteiger partial charge in [-0.05, 0) is 43.9 Å². The molecule has 0 saturated carbocycles. The molecule has 0 spiro atoms. The van der Waals surface area contributed by atoms with E-state index in [1.165, 1.54) is 12.5 Å². The summed E-state index contributed by atoms with van der Waals surface area (Å²) in [4.78, 5) is 12.3. The zero-order chi connectivity index (χ0) is 13.2. The maximum absolute atomic E-state index is 12.3. The summed E-state index contributed by atoms with van der Waals surface area (Å²) in [5.41, 5.74) is 0. The first-order chi connectivity index (χ1) is 8.47. The lowest BCUT2D eigenvalue weighted by molar-refractivity contribution is 0.0712. The first kappa shape index (κ1) is 12.9. The summed E-state index contributed by atoms with van der Waals surface area (Å²) in [6.07, 6.45) is 2.28. The minimum atomic E-state index is -1.87. The normalized spacial score (nSPS) is 13.5. The number of hydrogen-bond donors (Lipinski definition) is 0. The summed E-state index contributed by atoms with van der Waals surface area (Å²) in [5, 5.41) is 0. The van der Waals surface area contributed by atoms with Crippen LogP contribution in [0.25, 0.3) is 0 Å². The van der Waals surface area contributed by atoms with Crippen LogP contribution < -0.4 is 0 Å². The molecule has 96 valence electrons. The van der Waals surface area contributed by atoms with Crippen LogP contribution in [-0.4, -0.2) is 14.1 Å². The Bertz CT molecular complexity index is 494. The Kier molecular flexibility index (Phi) is 3.54. The molecule has 0 bridgehead atoms. The summed E-state index contributed by atoms with van der Waals surface area (Å²) in [6.45, 7) is 6.08. The third kappa shape index (κ3) is 2.99. The van der Waals surface area contributed by atoms with Crippen LogP contribution in [0.5, 0.6) is 0 Å². The molecular formula is C13H16O4Si. The van der Waals surface area contributed by atoms with Crippen molar-refractivity contribution >= 4 is 14.1 Å². The first-order valence-electron chi connectivity index (χ1n) is 5.76.